The number of carbonyl (C=O) groups excluding carboxylic acids is 1. The first kappa shape index (κ1) is 17.7. The van der Waals surface area contributed by atoms with Crippen molar-refractivity contribution in [1.29, 1.82) is 0 Å². The Balaban J connectivity index is 1.60. The summed E-state index contributed by atoms with van der Waals surface area (Å²) in [5, 5.41) is 0.187. The molecule has 2 aromatic heterocycles. The standard InChI is InChI=1S/C18H11Cl2FO3S/c19-14-9-11(21)1-6-16(14)23-10-13-3-2-12(24-13)4-5-15(22)17-7-8-18(20)25-17/h1-9H,10H2/b5-4+. The van der Waals surface area contributed by atoms with Crippen molar-refractivity contribution < 1.29 is 18.3 Å². The molecule has 2 heterocycles. The number of halogens is 3. The van der Waals surface area contributed by atoms with E-state index in [0.717, 1.165) is 0 Å². The van der Waals surface area contributed by atoms with Crippen molar-refractivity contribution in [2.75, 3.05) is 0 Å². The van der Waals surface area contributed by atoms with Crippen LogP contribution < -0.4 is 4.74 Å². The number of thiophene rings is 1. The van der Waals surface area contributed by atoms with Crippen LogP contribution in [0.2, 0.25) is 9.36 Å². The van der Waals surface area contributed by atoms with Gasteiger partial charge in [-0.05, 0) is 54.6 Å². The maximum absolute atomic E-state index is 13.0. The van der Waals surface area contributed by atoms with Gasteiger partial charge in [0.25, 0.3) is 0 Å². The van der Waals surface area contributed by atoms with Gasteiger partial charge in [0.15, 0.2) is 5.78 Å². The number of benzene rings is 1. The fourth-order valence-electron chi connectivity index (χ4n) is 1.99. The van der Waals surface area contributed by atoms with Gasteiger partial charge in [0.2, 0.25) is 0 Å². The molecule has 0 radical (unpaired) electrons. The molecule has 0 saturated heterocycles. The van der Waals surface area contributed by atoms with Gasteiger partial charge in [-0.1, -0.05) is 23.2 Å². The van der Waals surface area contributed by atoms with Gasteiger partial charge in [0.1, 0.15) is 29.7 Å². The minimum absolute atomic E-state index is 0.133. The minimum Gasteiger partial charge on any atom is -0.484 e. The van der Waals surface area contributed by atoms with E-state index in [1.165, 1.54) is 35.6 Å². The van der Waals surface area contributed by atoms with Gasteiger partial charge in [0.05, 0.1) is 14.2 Å². The SMILES string of the molecule is O=C(/C=C/c1ccc(COc2ccc(F)cc2Cl)o1)c1ccc(Cl)s1. The van der Waals surface area contributed by atoms with Crippen LogP contribution >= 0.6 is 34.5 Å². The summed E-state index contributed by atoms with van der Waals surface area (Å²) < 4.78 is 24.6. The predicted octanol–water partition coefficient (Wildman–Crippen LogP) is 6.26. The molecule has 0 fully saturated rings. The van der Waals surface area contributed by atoms with Crippen LogP contribution in [0.1, 0.15) is 21.2 Å². The number of furan rings is 1. The lowest BCUT2D eigenvalue weighted by molar-refractivity contribution is 0.105. The van der Waals surface area contributed by atoms with Crippen LogP contribution in [0.25, 0.3) is 6.08 Å². The first-order chi connectivity index (χ1) is 12.0. The molecule has 0 saturated carbocycles. The Morgan fingerprint density at radius 2 is 2.04 bits per heavy atom. The molecule has 25 heavy (non-hydrogen) atoms. The van der Waals surface area contributed by atoms with Crippen LogP contribution in [0.3, 0.4) is 0 Å². The minimum atomic E-state index is -0.431. The fourth-order valence-corrected chi connectivity index (χ4v) is 3.17. The number of carbonyl (C=O) groups is 1. The Hall–Kier alpha value is -2.08. The lowest BCUT2D eigenvalue weighted by Crippen LogP contribution is -1.94. The number of ketones is 1. The second-order valence-electron chi connectivity index (χ2n) is 4.97. The van der Waals surface area contributed by atoms with Gasteiger partial charge < -0.3 is 9.15 Å². The molecule has 0 N–H and O–H groups in total. The van der Waals surface area contributed by atoms with Crippen LogP contribution in [-0.4, -0.2) is 5.78 Å². The van der Waals surface area contributed by atoms with Gasteiger partial charge in [-0.3, -0.25) is 4.79 Å². The Morgan fingerprint density at radius 3 is 2.76 bits per heavy atom. The van der Waals surface area contributed by atoms with Crippen molar-refractivity contribution in [2.24, 2.45) is 0 Å². The van der Waals surface area contributed by atoms with E-state index in [-0.39, 0.29) is 17.4 Å². The predicted molar refractivity (Wildman–Crippen MR) is 97.1 cm³/mol. The Kier molecular flexibility index (Phi) is 5.58. The van der Waals surface area contributed by atoms with E-state index in [4.69, 9.17) is 32.4 Å². The highest BCUT2D eigenvalue weighted by atomic mass is 35.5. The summed E-state index contributed by atoms with van der Waals surface area (Å²) in [6, 6.07) is 10.7. The molecular weight excluding hydrogens is 386 g/mol. The average molecular weight is 397 g/mol. The molecule has 7 heteroatoms. The molecule has 1 aromatic carbocycles. The molecule has 0 aliphatic rings. The molecule has 128 valence electrons. The van der Waals surface area contributed by atoms with Gasteiger partial charge in [0, 0.05) is 0 Å². The van der Waals surface area contributed by atoms with Gasteiger partial charge >= 0.3 is 0 Å². The zero-order valence-corrected chi connectivity index (χ0v) is 15.0. The van der Waals surface area contributed by atoms with E-state index >= 15 is 0 Å². The molecule has 0 bridgehead atoms. The van der Waals surface area contributed by atoms with Crippen molar-refractivity contribution in [3.05, 3.63) is 80.1 Å². The van der Waals surface area contributed by atoms with Crippen molar-refractivity contribution in [3.63, 3.8) is 0 Å². The van der Waals surface area contributed by atoms with E-state index < -0.39 is 5.82 Å². The Morgan fingerprint density at radius 1 is 1.20 bits per heavy atom. The molecule has 0 unspecified atom stereocenters. The van der Waals surface area contributed by atoms with E-state index in [9.17, 15) is 9.18 Å². The molecule has 0 atom stereocenters. The number of ether oxygens (including phenoxy) is 1. The van der Waals surface area contributed by atoms with Crippen molar-refractivity contribution in [2.45, 2.75) is 6.61 Å². The molecular formula is C18H11Cl2FO3S. The van der Waals surface area contributed by atoms with Crippen LogP contribution in [0, 0.1) is 5.82 Å². The van der Waals surface area contributed by atoms with Crippen molar-refractivity contribution in [1.82, 2.24) is 0 Å². The second-order valence-corrected chi connectivity index (χ2v) is 7.09. The zero-order valence-electron chi connectivity index (χ0n) is 12.7. The topological polar surface area (TPSA) is 39.4 Å². The Labute approximate surface area is 157 Å². The fraction of sp³-hybridized carbons (Fsp3) is 0.0556. The van der Waals surface area contributed by atoms with E-state index in [2.05, 4.69) is 0 Å². The van der Waals surface area contributed by atoms with Gasteiger partial charge in [-0.25, -0.2) is 4.39 Å². The van der Waals surface area contributed by atoms with E-state index in [1.807, 2.05) is 0 Å². The molecule has 3 aromatic rings. The molecule has 0 spiro atoms. The smallest absolute Gasteiger partial charge is 0.195 e. The maximum atomic E-state index is 13.0. The summed E-state index contributed by atoms with van der Waals surface area (Å²) in [7, 11) is 0. The number of rotatable bonds is 6. The first-order valence-corrected chi connectivity index (χ1v) is 8.73. The number of hydrogen-bond acceptors (Lipinski definition) is 4. The van der Waals surface area contributed by atoms with Crippen LogP contribution in [0.5, 0.6) is 5.75 Å². The van der Waals surface area contributed by atoms with Crippen LogP contribution in [0.15, 0.2) is 53.0 Å². The van der Waals surface area contributed by atoms with E-state index in [1.54, 1.807) is 30.3 Å². The third kappa shape index (κ3) is 4.72. The van der Waals surface area contributed by atoms with Crippen molar-refractivity contribution in [3.8, 4) is 5.75 Å². The molecule has 3 rings (SSSR count). The number of hydrogen-bond donors (Lipinski definition) is 0. The Bertz CT molecular complexity index is 930. The highest BCUT2D eigenvalue weighted by molar-refractivity contribution is 7.18. The average Bonchev–Trinajstić information content (AvgIpc) is 3.21. The molecule has 3 nitrogen and oxygen atoms in total. The monoisotopic (exact) mass is 396 g/mol. The van der Waals surface area contributed by atoms with E-state index in [0.29, 0.717) is 26.5 Å². The third-order valence-corrected chi connectivity index (χ3v) is 4.70. The van der Waals surface area contributed by atoms with Crippen LogP contribution in [-0.2, 0) is 6.61 Å². The summed E-state index contributed by atoms with van der Waals surface area (Å²) in [5.74, 6) is 0.844. The quantitative estimate of drug-likeness (QED) is 0.364. The summed E-state index contributed by atoms with van der Waals surface area (Å²) in [5.41, 5.74) is 0. The molecule has 0 aliphatic carbocycles. The summed E-state index contributed by atoms with van der Waals surface area (Å²) >= 11 is 12.9. The van der Waals surface area contributed by atoms with Gasteiger partial charge in [-0.15, -0.1) is 11.3 Å². The summed E-state index contributed by atoms with van der Waals surface area (Å²) in [6.45, 7) is 0.133. The largest absolute Gasteiger partial charge is 0.484 e. The highest BCUT2D eigenvalue weighted by Gasteiger charge is 2.07. The summed E-state index contributed by atoms with van der Waals surface area (Å²) in [6.07, 6.45) is 2.99. The molecule has 0 aliphatic heterocycles. The number of allylic oxidation sites excluding steroid dienone is 1. The van der Waals surface area contributed by atoms with Gasteiger partial charge in [-0.2, -0.15) is 0 Å². The first-order valence-electron chi connectivity index (χ1n) is 7.15. The van der Waals surface area contributed by atoms with Crippen molar-refractivity contribution >= 4 is 46.4 Å². The lowest BCUT2D eigenvalue weighted by atomic mass is 10.3. The maximum Gasteiger partial charge on any atom is 0.195 e. The molecule has 0 amide bonds. The highest BCUT2D eigenvalue weighted by Crippen LogP contribution is 2.26. The normalized spacial score (nSPS) is 11.2. The lowest BCUT2D eigenvalue weighted by Gasteiger charge is -2.05. The second kappa shape index (κ2) is 7.87. The zero-order chi connectivity index (χ0) is 17.8. The van der Waals surface area contributed by atoms with Crippen LogP contribution in [0.4, 0.5) is 4.39 Å². The third-order valence-electron chi connectivity index (χ3n) is 3.16. The summed E-state index contributed by atoms with van der Waals surface area (Å²) in [4.78, 5) is 12.5.